The SMILES string of the molecule is CC(C)(C)OC(=O)Nc1ccc(-c2cccs2)cc1N.CN(C)C(=O)Cl.CN(C)C(=O)Nc1cc(-c2cccs2)ccc1NC(=O)OC(C)(C)C. The fraction of sp³-hybridized carbons (Fsp3) is 0.333. The van der Waals surface area contributed by atoms with E-state index in [4.69, 9.17) is 26.8 Å². The molecule has 0 atom stereocenters. The van der Waals surface area contributed by atoms with E-state index >= 15 is 0 Å². The van der Waals surface area contributed by atoms with E-state index in [1.165, 1.54) is 9.80 Å². The van der Waals surface area contributed by atoms with E-state index < -0.39 is 28.8 Å². The van der Waals surface area contributed by atoms with Crippen LogP contribution in [0.5, 0.6) is 0 Å². The fourth-order valence-corrected chi connectivity index (χ4v) is 5.13. The predicted octanol–water partition coefficient (Wildman–Crippen LogP) is 10.1. The fourth-order valence-electron chi connectivity index (χ4n) is 3.68. The second-order valence-corrected chi connectivity index (χ2v) is 15.5. The minimum atomic E-state index is -0.603. The minimum absolute atomic E-state index is 0.282. The maximum atomic E-state index is 12.1. The van der Waals surface area contributed by atoms with Gasteiger partial charge in [0.15, 0.2) is 0 Å². The number of nitrogen functional groups attached to an aromatic ring is 1. The molecule has 5 amide bonds. The van der Waals surface area contributed by atoms with E-state index in [-0.39, 0.29) is 6.03 Å². The predicted molar refractivity (Wildman–Crippen MR) is 211 cm³/mol. The number of carbonyl (C=O) groups excluding carboxylic acids is 4. The summed E-state index contributed by atoms with van der Waals surface area (Å²) in [5.41, 5.74) is 8.89. The Morgan fingerprint density at radius 1 is 0.647 bits per heavy atom. The molecule has 0 spiro atoms. The Labute approximate surface area is 312 Å². The molecule has 0 saturated heterocycles. The molecule has 12 nitrogen and oxygen atoms in total. The quantitative estimate of drug-likeness (QED) is 0.0897. The lowest BCUT2D eigenvalue weighted by molar-refractivity contribution is 0.0624. The number of anilines is 4. The van der Waals surface area contributed by atoms with E-state index in [0.717, 1.165) is 20.9 Å². The molecule has 2 aromatic carbocycles. The molecule has 0 bridgehead atoms. The summed E-state index contributed by atoms with van der Waals surface area (Å²) < 4.78 is 10.5. The van der Waals surface area contributed by atoms with Crippen LogP contribution < -0.4 is 21.7 Å². The molecule has 51 heavy (non-hydrogen) atoms. The lowest BCUT2D eigenvalue weighted by atomic mass is 10.1. The monoisotopic (exact) mass is 758 g/mol. The molecule has 15 heteroatoms. The number of thiophene rings is 2. The number of hydrogen-bond acceptors (Lipinski definition) is 9. The van der Waals surface area contributed by atoms with Gasteiger partial charge in [0.05, 0.1) is 22.7 Å². The first-order chi connectivity index (χ1) is 23.6. The molecule has 2 heterocycles. The zero-order valence-electron chi connectivity index (χ0n) is 30.5. The van der Waals surface area contributed by atoms with Crippen molar-refractivity contribution in [3.63, 3.8) is 0 Å². The van der Waals surface area contributed by atoms with Gasteiger partial charge in [-0.2, -0.15) is 0 Å². The van der Waals surface area contributed by atoms with Gasteiger partial charge in [-0.1, -0.05) is 24.3 Å². The Morgan fingerprint density at radius 3 is 1.45 bits per heavy atom. The van der Waals surface area contributed by atoms with Crippen molar-refractivity contribution in [2.24, 2.45) is 0 Å². The number of hydrogen-bond donors (Lipinski definition) is 4. The van der Waals surface area contributed by atoms with Crippen LogP contribution in [-0.4, -0.2) is 72.8 Å². The Hall–Kier alpha value is -4.79. The van der Waals surface area contributed by atoms with Gasteiger partial charge < -0.3 is 30.3 Å². The summed E-state index contributed by atoms with van der Waals surface area (Å²) in [7, 11) is 6.49. The molecular formula is C36H47ClN6O6S2. The molecule has 0 aliphatic heterocycles. The Morgan fingerprint density at radius 2 is 1.08 bits per heavy atom. The second-order valence-electron chi connectivity index (χ2n) is 13.2. The van der Waals surface area contributed by atoms with Gasteiger partial charge in [0.2, 0.25) is 0 Å². The van der Waals surface area contributed by atoms with Gasteiger partial charge in [-0.15, -0.1) is 22.7 Å². The zero-order valence-corrected chi connectivity index (χ0v) is 32.9. The van der Waals surface area contributed by atoms with Crippen LogP contribution in [0.25, 0.3) is 20.9 Å². The van der Waals surface area contributed by atoms with E-state index in [0.29, 0.717) is 22.7 Å². The van der Waals surface area contributed by atoms with Crippen molar-refractivity contribution >= 4 is 80.6 Å². The maximum absolute atomic E-state index is 12.1. The Kier molecular flexibility index (Phi) is 15.8. The van der Waals surface area contributed by atoms with Crippen LogP contribution in [0.3, 0.4) is 0 Å². The Bertz CT molecular complexity index is 1750. The summed E-state index contributed by atoms with van der Waals surface area (Å²) in [5, 5.41) is 11.7. The largest absolute Gasteiger partial charge is 0.444 e. The number of rotatable bonds is 5. The van der Waals surface area contributed by atoms with Gasteiger partial charge in [-0.3, -0.25) is 15.4 Å². The highest BCUT2D eigenvalue weighted by atomic mass is 35.5. The summed E-state index contributed by atoms with van der Waals surface area (Å²) in [6.45, 7) is 10.8. The molecule has 2 aromatic heterocycles. The second kappa shape index (κ2) is 19.0. The van der Waals surface area contributed by atoms with Crippen molar-refractivity contribution in [1.29, 1.82) is 0 Å². The molecular weight excluding hydrogens is 712 g/mol. The number of halogens is 1. The average molecular weight is 759 g/mol. The summed E-state index contributed by atoms with van der Waals surface area (Å²) in [6, 6.07) is 18.7. The number of nitrogens with zero attached hydrogens (tertiary/aromatic N) is 2. The molecule has 276 valence electrons. The smallest absolute Gasteiger partial charge is 0.412 e. The van der Waals surface area contributed by atoms with Crippen LogP contribution in [0.15, 0.2) is 71.4 Å². The van der Waals surface area contributed by atoms with E-state index in [9.17, 15) is 19.2 Å². The third-order valence-corrected chi connectivity index (χ3v) is 8.13. The number of carbonyl (C=O) groups is 4. The number of urea groups is 1. The maximum Gasteiger partial charge on any atom is 0.412 e. The standard InChI is InChI=1S/C18H23N3O3S.C15H18N2O2S.C3H6ClNO/c1-18(2,3)24-17(23)20-13-9-8-12(15-7-6-10-25-15)11-14(13)19-16(22)21(4)5;1-15(2,3)19-14(18)17-12-7-6-10(9-11(12)16)13-5-4-8-20-13;1-5(2)3(4)6/h6-11H,1-5H3,(H,19,22)(H,20,23);4-9H,16H2,1-3H3,(H,17,18);1-2H3. The van der Waals surface area contributed by atoms with E-state index in [1.807, 2.05) is 80.1 Å². The lowest BCUT2D eigenvalue weighted by Gasteiger charge is -2.21. The van der Waals surface area contributed by atoms with Crippen molar-refractivity contribution in [2.45, 2.75) is 52.7 Å². The van der Waals surface area contributed by atoms with Gasteiger partial charge in [0, 0.05) is 37.9 Å². The summed E-state index contributed by atoms with van der Waals surface area (Å²) in [5.74, 6) is 0. The molecule has 0 unspecified atom stereocenters. The first-order valence-corrected chi connectivity index (χ1v) is 17.8. The van der Waals surface area contributed by atoms with Crippen LogP contribution >= 0.6 is 34.3 Å². The summed E-state index contributed by atoms with van der Waals surface area (Å²) >= 11 is 8.15. The number of benzene rings is 2. The average Bonchev–Trinajstić information content (AvgIpc) is 3.73. The van der Waals surface area contributed by atoms with Crippen molar-refractivity contribution < 1.29 is 28.7 Å². The number of ether oxygens (including phenoxy) is 2. The third-order valence-electron chi connectivity index (χ3n) is 5.95. The molecule has 0 aliphatic carbocycles. The van der Waals surface area contributed by atoms with Crippen molar-refractivity contribution in [3.05, 3.63) is 71.4 Å². The van der Waals surface area contributed by atoms with Gasteiger partial charge in [-0.25, -0.2) is 14.4 Å². The molecule has 4 aromatic rings. The van der Waals surface area contributed by atoms with Gasteiger partial charge in [0.25, 0.3) is 0 Å². The number of amides is 5. The molecule has 0 radical (unpaired) electrons. The lowest BCUT2D eigenvalue weighted by Crippen LogP contribution is -2.29. The van der Waals surface area contributed by atoms with Crippen LogP contribution in [-0.2, 0) is 9.47 Å². The van der Waals surface area contributed by atoms with Crippen molar-refractivity contribution in [2.75, 3.05) is 49.9 Å². The molecule has 0 aliphatic rings. The zero-order chi connectivity index (χ0) is 38.5. The van der Waals surface area contributed by atoms with Gasteiger partial charge in [0.1, 0.15) is 11.2 Å². The van der Waals surface area contributed by atoms with Crippen LogP contribution in [0.4, 0.5) is 41.9 Å². The normalized spacial score (nSPS) is 10.6. The highest BCUT2D eigenvalue weighted by molar-refractivity contribution is 7.13. The Balaban J connectivity index is 0.000000310. The van der Waals surface area contributed by atoms with Crippen LogP contribution in [0.2, 0.25) is 0 Å². The first kappa shape index (κ1) is 42.4. The minimum Gasteiger partial charge on any atom is -0.444 e. The van der Waals surface area contributed by atoms with Crippen LogP contribution in [0, 0.1) is 0 Å². The highest BCUT2D eigenvalue weighted by Gasteiger charge is 2.19. The van der Waals surface area contributed by atoms with Crippen molar-refractivity contribution in [1.82, 2.24) is 9.80 Å². The van der Waals surface area contributed by atoms with E-state index in [1.54, 1.807) is 83.8 Å². The topological polar surface area (TPSA) is 155 Å². The van der Waals surface area contributed by atoms with Gasteiger partial charge in [-0.05, 0) is 111 Å². The molecule has 0 fully saturated rings. The number of nitrogens with one attached hydrogen (secondary N) is 3. The van der Waals surface area contributed by atoms with E-state index in [2.05, 4.69) is 16.0 Å². The molecule has 5 N–H and O–H groups in total. The summed E-state index contributed by atoms with van der Waals surface area (Å²) in [6.07, 6.45) is -1.08. The molecule has 0 saturated carbocycles. The van der Waals surface area contributed by atoms with Crippen molar-refractivity contribution in [3.8, 4) is 20.9 Å². The van der Waals surface area contributed by atoms with Crippen LogP contribution in [0.1, 0.15) is 41.5 Å². The number of nitrogens with two attached hydrogens (primary N) is 1. The first-order valence-electron chi connectivity index (χ1n) is 15.6. The molecule has 4 rings (SSSR count). The third kappa shape index (κ3) is 15.7. The highest BCUT2D eigenvalue weighted by Crippen LogP contribution is 2.32. The van der Waals surface area contributed by atoms with Gasteiger partial charge >= 0.3 is 23.6 Å². The summed E-state index contributed by atoms with van der Waals surface area (Å²) in [4.78, 5) is 50.6.